The first-order valence-electron chi connectivity index (χ1n) is 13.2. The molecule has 1 fully saturated rings. The number of ether oxygens (including phenoxy) is 2. The number of nitrogens with one attached hydrogen (secondary N) is 1. The molecule has 0 radical (unpaired) electrons. The molecule has 1 amide bonds. The van der Waals surface area contributed by atoms with Gasteiger partial charge >= 0.3 is 0 Å². The van der Waals surface area contributed by atoms with Gasteiger partial charge in [-0.3, -0.25) is 9.79 Å². The molecule has 1 aromatic carbocycles. The van der Waals surface area contributed by atoms with Crippen LogP contribution in [0.15, 0.2) is 41.4 Å². The minimum Gasteiger partial charge on any atom is -0.479 e. The van der Waals surface area contributed by atoms with Gasteiger partial charge in [0.15, 0.2) is 11.6 Å². The van der Waals surface area contributed by atoms with Crippen molar-refractivity contribution in [2.75, 3.05) is 31.0 Å². The normalized spacial score (nSPS) is 18.5. The van der Waals surface area contributed by atoms with Gasteiger partial charge in [0, 0.05) is 32.3 Å². The highest BCUT2D eigenvalue weighted by atomic mass is 16.5. The number of anilines is 2. The van der Waals surface area contributed by atoms with Gasteiger partial charge in [0.2, 0.25) is 11.8 Å². The highest BCUT2D eigenvalue weighted by Gasteiger charge is 2.25. The van der Waals surface area contributed by atoms with Crippen LogP contribution in [0.5, 0.6) is 5.88 Å². The maximum absolute atomic E-state index is 12.8. The molecule has 3 aromatic rings. The van der Waals surface area contributed by atoms with E-state index in [0.29, 0.717) is 23.2 Å². The monoisotopic (exact) mass is 517 g/mol. The lowest BCUT2D eigenvalue weighted by atomic mass is 9.88. The van der Waals surface area contributed by atoms with Crippen LogP contribution in [0, 0.1) is 5.92 Å². The molecule has 2 unspecified atom stereocenters. The highest BCUT2D eigenvalue weighted by molar-refractivity contribution is 5.92. The lowest BCUT2D eigenvalue weighted by Gasteiger charge is -2.21. The van der Waals surface area contributed by atoms with Crippen LogP contribution < -0.4 is 15.0 Å². The minimum atomic E-state index is -0.476. The number of carbonyl (C=O) groups is 1. The molecule has 2 aliphatic rings. The zero-order valence-corrected chi connectivity index (χ0v) is 22.4. The number of carbonyl (C=O) groups excluding carboxylic acids is 1. The van der Waals surface area contributed by atoms with Crippen molar-refractivity contribution in [3.05, 3.63) is 47.8 Å². The number of hydrogen-bond acceptors (Lipinski definition) is 8. The van der Waals surface area contributed by atoms with E-state index in [1.54, 1.807) is 18.9 Å². The standard InChI is InChI=1S/C28H35N7O3/c1-18-16-35(17-29-18)23-14-13-22(31-28(23)38-4)25-32-26(34(2)33-25)24(37-3)20-11-8-12-21(15-20)30-27(36)19-9-6-5-7-10-19/h8,11-15,17-19,24H,5-7,9-10,16H2,1-4H3,(H,30,36). The quantitative estimate of drug-likeness (QED) is 0.473. The van der Waals surface area contributed by atoms with Crippen molar-refractivity contribution < 1.29 is 14.3 Å². The van der Waals surface area contributed by atoms with Crippen molar-refractivity contribution in [2.24, 2.45) is 18.0 Å². The molecule has 1 aliphatic carbocycles. The Kier molecular flexibility index (Phi) is 7.69. The summed E-state index contributed by atoms with van der Waals surface area (Å²) in [6.07, 6.45) is 6.71. The van der Waals surface area contributed by atoms with Crippen LogP contribution in [-0.4, -0.2) is 58.8 Å². The molecule has 0 spiro atoms. The Hall–Kier alpha value is -3.79. The van der Waals surface area contributed by atoms with E-state index in [9.17, 15) is 4.79 Å². The van der Waals surface area contributed by atoms with Crippen LogP contribution >= 0.6 is 0 Å². The molecule has 10 nitrogen and oxygen atoms in total. The third kappa shape index (κ3) is 5.40. The second-order valence-corrected chi connectivity index (χ2v) is 9.97. The molecule has 10 heteroatoms. The average molecular weight is 518 g/mol. The topological polar surface area (TPSA) is 107 Å². The summed E-state index contributed by atoms with van der Waals surface area (Å²) in [4.78, 5) is 28.7. The Labute approximate surface area is 223 Å². The van der Waals surface area contributed by atoms with Gasteiger partial charge in [-0.2, -0.15) is 0 Å². The summed E-state index contributed by atoms with van der Waals surface area (Å²) in [5.41, 5.74) is 3.07. The van der Waals surface area contributed by atoms with Crippen LogP contribution in [0.25, 0.3) is 11.5 Å². The van der Waals surface area contributed by atoms with Crippen molar-refractivity contribution in [3.8, 4) is 17.4 Å². The van der Waals surface area contributed by atoms with E-state index in [4.69, 9.17) is 14.5 Å². The molecule has 0 saturated heterocycles. The second-order valence-electron chi connectivity index (χ2n) is 9.97. The third-order valence-corrected chi connectivity index (χ3v) is 7.19. The van der Waals surface area contributed by atoms with Crippen molar-refractivity contribution in [2.45, 2.75) is 51.2 Å². The van der Waals surface area contributed by atoms with E-state index in [-0.39, 0.29) is 17.9 Å². The van der Waals surface area contributed by atoms with Gasteiger partial charge in [0.25, 0.3) is 0 Å². The van der Waals surface area contributed by atoms with Gasteiger partial charge in [-0.05, 0) is 49.6 Å². The smallest absolute Gasteiger partial charge is 0.238 e. The Morgan fingerprint density at radius 3 is 2.63 bits per heavy atom. The van der Waals surface area contributed by atoms with Crippen molar-refractivity contribution in [1.29, 1.82) is 0 Å². The van der Waals surface area contributed by atoms with E-state index in [2.05, 4.69) is 27.3 Å². The van der Waals surface area contributed by atoms with E-state index in [0.717, 1.165) is 49.2 Å². The Morgan fingerprint density at radius 2 is 1.92 bits per heavy atom. The molecule has 1 saturated carbocycles. The zero-order valence-electron chi connectivity index (χ0n) is 22.4. The van der Waals surface area contributed by atoms with Crippen LogP contribution in [0.2, 0.25) is 0 Å². The molecule has 38 heavy (non-hydrogen) atoms. The predicted octanol–water partition coefficient (Wildman–Crippen LogP) is 4.38. The Balaban J connectivity index is 1.37. The van der Waals surface area contributed by atoms with E-state index in [1.165, 1.54) is 6.42 Å². The summed E-state index contributed by atoms with van der Waals surface area (Å²) in [5.74, 6) is 1.77. The first-order chi connectivity index (χ1) is 18.5. The first-order valence-corrected chi connectivity index (χ1v) is 13.2. The van der Waals surface area contributed by atoms with Crippen LogP contribution in [0.3, 0.4) is 0 Å². The number of aliphatic imine (C=N–C) groups is 1. The van der Waals surface area contributed by atoms with Crippen LogP contribution in [0.4, 0.5) is 11.4 Å². The number of rotatable bonds is 8. The summed E-state index contributed by atoms with van der Waals surface area (Å²) in [6, 6.07) is 11.8. The predicted molar refractivity (Wildman–Crippen MR) is 147 cm³/mol. The molecular formula is C28H35N7O3. The molecule has 2 aromatic heterocycles. The fourth-order valence-electron chi connectivity index (χ4n) is 5.17. The number of aryl methyl sites for hydroxylation is 1. The molecule has 2 atom stereocenters. The number of aromatic nitrogens is 4. The van der Waals surface area contributed by atoms with Crippen molar-refractivity contribution >= 4 is 23.6 Å². The number of nitrogens with zero attached hydrogens (tertiary/aromatic N) is 6. The van der Waals surface area contributed by atoms with Crippen molar-refractivity contribution in [3.63, 3.8) is 0 Å². The number of benzene rings is 1. The molecule has 200 valence electrons. The van der Waals surface area contributed by atoms with E-state index >= 15 is 0 Å². The zero-order chi connectivity index (χ0) is 26.6. The fraction of sp³-hybridized carbons (Fsp3) is 0.464. The largest absolute Gasteiger partial charge is 0.479 e. The van der Waals surface area contributed by atoms with Crippen molar-refractivity contribution in [1.82, 2.24) is 19.7 Å². The fourth-order valence-corrected chi connectivity index (χ4v) is 5.17. The van der Waals surface area contributed by atoms with Gasteiger partial charge in [-0.25, -0.2) is 14.6 Å². The summed E-state index contributed by atoms with van der Waals surface area (Å²) < 4.78 is 13.2. The molecule has 1 aliphatic heterocycles. The SMILES string of the molecule is COc1nc(-c2nc(C(OC)c3cccc(NC(=O)C4CCCCC4)c3)n(C)n2)ccc1N1C=NC(C)C1. The number of amides is 1. The van der Waals surface area contributed by atoms with Gasteiger partial charge < -0.3 is 19.7 Å². The summed E-state index contributed by atoms with van der Waals surface area (Å²) >= 11 is 0. The number of hydrogen-bond donors (Lipinski definition) is 1. The first kappa shape index (κ1) is 25.8. The molecular weight excluding hydrogens is 482 g/mol. The van der Waals surface area contributed by atoms with E-state index < -0.39 is 6.10 Å². The maximum Gasteiger partial charge on any atom is 0.238 e. The molecule has 0 bridgehead atoms. The lowest BCUT2D eigenvalue weighted by molar-refractivity contribution is -0.120. The summed E-state index contributed by atoms with van der Waals surface area (Å²) in [6.45, 7) is 2.84. The average Bonchev–Trinajstić information content (AvgIpc) is 3.55. The Morgan fingerprint density at radius 1 is 1.11 bits per heavy atom. The van der Waals surface area contributed by atoms with Gasteiger partial charge in [-0.15, -0.1) is 5.10 Å². The van der Waals surface area contributed by atoms with Gasteiger partial charge in [0.1, 0.15) is 17.5 Å². The summed E-state index contributed by atoms with van der Waals surface area (Å²) in [7, 11) is 5.08. The molecule has 3 heterocycles. The third-order valence-electron chi connectivity index (χ3n) is 7.19. The van der Waals surface area contributed by atoms with Gasteiger partial charge in [-0.1, -0.05) is 31.4 Å². The number of methoxy groups -OCH3 is 2. The molecule has 5 rings (SSSR count). The summed E-state index contributed by atoms with van der Waals surface area (Å²) in [5, 5.41) is 7.72. The van der Waals surface area contributed by atoms with Crippen LogP contribution in [0.1, 0.15) is 56.5 Å². The maximum atomic E-state index is 12.8. The highest BCUT2D eigenvalue weighted by Crippen LogP contribution is 2.32. The molecule has 1 N–H and O–H groups in total. The lowest BCUT2D eigenvalue weighted by Crippen LogP contribution is -2.24. The van der Waals surface area contributed by atoms with E-state index in [1.807, 2.05) is 54.7 Å². The minimum absolute atomic E-state index is 0.0870. The Bertz CT molecular complexity index is 1320. The van der Waals surface area contributed by atoms with Gasteiger partial charge in [0.05, 0.1) is 19.5 Å². The van der Waals surface area contributed by atoms with Crippen LogP contribution in [-0.2, 0) is 16.6 Å². The second kappa shape index (κ2) is 11.3. The number of pyridine rings is 1.